The zero-order valence-electron chi connectivity index (χ0n) is 12.3. The summed E-state index contributed by atoms with van der Waals surface area (Å²) in [5, 5.41) is 8.12. The molecule has 2 N–H and O–H groups in total. The van der Waals surface area contributed by atoms with E-state index in [1.165, 1.54) is 5.56 Å². The molecule has 20 heavy (non-hydrogen) atoms. The van der Waals surface area contributed by atoms with E-state index in [0.717, 1.165) is 13.0 Å². The Kier molecular flexibility index (Phi) is 4.74. The Bertz CT molecular complexity index is 524. The van der Waals surface area contributed by atoms with E-state index in [0.29, 0.717) is 17.8 Å². The van der Waals surface area contributed by atoms with Crippen molar-refractivity contribution in [2.24, 2.45) is 11.7 Å². The summed E-state index contributed by atoms with van der Waals surface area (Å²) in [5.74, 6) is 1.01. The highest BCUT2D eigenvalue weighted by Gasteiger charge is 2.17. The fourth-order valence-corrected chi connectivity index (χ4v) is 2.06. The minimum atomic E-state index is -0.193. The van der Waals surface area contributed by atoms with Crippen LogP contribution >= 0.6 is 0 Å². The van der Waals surface area contributed by atoms with Crippen molar-refractivity contribution >= 4 is 6.01 Å². The maximum Gasteiger partial charge on any atom is 0.318 e. The van der Waals surface area contributed by atoms with Gasteiger partial charge in [0.15, 0.2) is 0 Å². The third-order valence-electron chi connectivity index (χ3n) is 3.06. The molecule has 0 aliphatic carbocycles. The highest BCUT2D eigenvalue weighted by Crippen LogP contribution is 2.21. The van der Waals surface area contributed by atoms with Gasteiger partial charge in [-0.25, -0.2) is 0 Å². The Morgan fingerprint density at radius 2 is 1.90 bits per heavy atom. The van der Waals surface area contributed by atoms with Crippen LogP contribution in [-0.4, -0.2) is 17.2 Å². The first kappa shape index (κ1) is 14.5. The zero-order chi connectivity index (χ0) is 14.5. The molecule has 0 fully saturated rings. The number of hydrogen-bond donors (Lipinski definition) is 1. The number of nitrogens with zero attached hydrogens (tertiary/aromatic N) is 3. The third kappa shape index (κ3) is 3.81. The van der Waals surface area contributed by atoms with Gasteiger partial charge >= 0.3 is 6.01 Å². The van der Waals surface area contributed by atoms with Crippen molar-refractivity contribution in [2.75, 3.05) is 11.9 Å². The van der Waals surface area contributed by atoms with Crippen molar-refractivity contribution in [1.29, 1.82) is 0 Å². The van der Waals surface area contributed by atoms with E-state index < -0.39 is 0 Å². The van der Waals surface area contributed by atoms with Gasteiger partial charge in [-0.2, -0.15) is 0 Å². The van der Waals surface area contributed by atoms with E-state index in [4.69, 9.17) is 10.2 Å². The summed E-state index contributed by atoms with van der Waals surface area (Å²) in [5.41, 5.74) is 7.24. The summed E-state index contributed by atoms with van der Waals surface area (Å²) in [6.45, 7) is 4.97. The predicted molar refractivity (Wildman–Crippen MR) is 79.2 cm³/mol. The lowest BCUT2D eigenvalue weighted by atomic mass is 10.1. The molecule has 0 amide bonds. The van der Waals surface area contributed by atoms with Gasteiger partial charge in [0.25, 0.3) is 0 Å². The molecule has 0 aliphatic heterocycles. The Morgan fingerprint density at radius 1 is 1.20 bits per heavy atom. The van der Waals surface area contributed by atoms with Crippen LogP contribution in [0, 0.1) is 5.92 Å². The van der Waals surface area contributed by atoms with E-state index in [9.17, 15) is 0 Å². The molecule has 2 rings (SSSR count). The molecule has 5 heteroatoms. The number of anilines is 1. The van der Waals surface area contributed by atoms with Crippen LogP contribution in [0.2, 0.25) is 0 Å². The van der Waals surface area contributed by atoms with Gasteiger partial charge in [0.2, 0.25) is 5.89 Å². The lowest BCUT2D eigenvalue weighted by Crippen LogP contribution is -2.16. The molecule has 2 aromatic rings. The van der Waals surface area contributed by atoms with Crippen molar-refractivity contribution < 1.29 is 4.42 Å². The summed E-state index contributed by atoms with van der Waals surface area (Å²) < 4.78 is 5.66. The van der Waals surface area contributed by atoms with Gasteiger partial charge in [-0.3, -0.25) is 0 Å². The maximum atomic E-state index is 6.05. The molecular weight excluding hydrogens is 252 g/mol. The van der Waals surface area contributed by atoms with Crippen molar-refractivity contribution in [3.8, 4) is 0 Å². The van der Waals surface area contributed by atoms with E-state index >= 15 is 0 Å². The van der Waals surface area contributed by atoms with Crippen molar-refractivity contribution in [1.82, 2.24) is 10.2 Å². The molecule has 1 aromatic carbocycles. The van der Waals surface area contributed by atoms with Crippen molar-refractivity contribution in [2.45, 2.75) is 32.9 Å². The van der Waals surface area contributed by atoms with Crippen LogP contribution < -0.4 is 10.6 Å². The number of benzene rings is 1. The summed E-state index contributed by atoms with van der Waals surface area (Å²) >= 11 is 0. The van der Waals surface area contributed by atoms with Crippen LogP contribution in [0.15, 0.2) is 34.7 Å². The molecule has 0 radical (unpaired) electrons. The molecule has 0 aliphatic rings. The smallest absolute Gasteiger partial charge is 0.318 e. The van der Waals surface area contributed by atoms with E-state index in [1.807, 2.05) is 30.1 Å². The SMILES string of the molecule is CC(C)CC(N)c1nnc(N(C)Cc2ccccc2)o1. The first-order valence-electron chi connectivity index (χ1n) is 6.90. The second kappa shape index (κ2) is 6.52. The number of hydrogen-bond acceptors (Lipinski definition) is 5. The van der Waals surface area contributed by atoms with Gasteiger partial charge in [0.1, 0.15) is 0 Å². The zero-order valence-corrected chi connectivity index (χ0v) is 12.3. The van der Waals surface area contributed by atoms with Crippen LogP contribution in [0.1, 0.15) is 37.8 Å². The normalized spacial score (nSPS) is 12.7. The van der Waals surface area contributed by atoms with Crippen LogP contribution in [0.25, 0.3) is 0 Å². The molecule has 1 heterocycles. The van der Waals surface area contributed by atoms with Gasteiger partial charge in [0, 0.05) is 13.6 Å². The number of aromatic nitrogens is 2. The second-order valence-electron chi connectivity index (χ2n) is 5.50. The molecule has 0 bridgehead atoms. The Hall–Kier alpha value is -1.88. The molecule has 1 atom stereocenters. The minimum absolute atomic E-state index is 0.193. The standard InChI is InChI=1S/C15H22N4O/c1-11(2)9-13(16)14-17-18-15(20-14)19(3)10-12-7-5-4-6-8-12/h4-8,11,13H,9-10,16H2,1-3H3. The van der Waals surface area contributed by atoms with Crippen LogP contribution in [0.3, 0.4) is 0 Å². The summed E-state index contributed by atoms with van der Waals surface area (Å²) in [6, 6.07) is 10.5. The van der Waals surface area contributed by atoms with E-state index in [2.05, 4.69) is 36.2 Å². The van der Waals surface area contributed by atoms with Gasteiger partial charge in [-0.1, -0.05) is 49.3 Å². The highest BCUT2D eigenvalue weighted by atomic mass is 16.4. The molecular formula is C15H22N4O. The van der Waals surface area contributed by atoms with E-state index in [1.54, 1.807) is 0 Å². The third-order valence-corrected chi connectivity index (χ3v) is 3.06. The first-order chi connectivity index (χ1) is 9.56. The van der Waals surface area contributed by atoms with Gasteiger partial charge < -0.3 is 15.1 Å². The predicted octanol–water partition coefficient (Wildman–Crippen LogP) is 2.75. The Morgan fingerprint density at radius 3 is 2.55 bits per heavy atom. The monoisotopic (exact) mass is 274 g/mol. The van der Waals surface area contributed by atoms with Crippen molar-refractivity contribution in [3.05, 3.63) is 41.8 Å². The van der Waals surface area contributed by atoms with Gasteiger partial charge in [-0.05, 0) is 17.9 Å². The molecule has 0 saturated heterocycles. The van der Waals surface area contributed by atoms with Crippen LogP contribution in [0.5, 0.6) is 0 Å². The van der Waals surface area contributed by atoms with Crippen LogP contribution in [-0.2, 0) is 6.54 Å². The number of rotatable bonds is 6. The average Bonchev–Trinajstić information content (AvgIpc) is 2.89. The molecule has 0 saturated carbocycles. The maximum absolute atomic E-state index is 6.05. The van der Waals surface area contributed by atoms with Gasteiger partial charge in [-0.15, -0.1) is 5.10 Å². The molecule has 0 spiro atoms. The second-order valence-corrected chi connectivity index (χ2v) is 5.50. The molecule has 108 valence electrons. The summed E-state index contributed by atoms with van der Waals surface area (Å²) in [6.07, 6.45) is 0.837. The quantitative estimate of drug-likeness (QED) is 0.877. The molecule has 1 unspecified atom stereocenters. The topological polar surface area (TPSA) is 68.2 Å². The first-order valence-corrected chi connectivity index (χ1v) is 6.90. The van der Waals surface area contributed by atoms with Crippen LogP contribution in [0.4, 0.5) is 6.01 Å². The van der Waals surface area contributed by atoms with Crippen molar-refractivity contribution in [3.63, 3.8) is 0 Å². The largest absolute Gasteiger partial charge is 0.406 e. The number of nitrogens with two attached hydrogens (primary N) is 1. The minimum Gasteiger partial charge on any atom is -0.406 e. The highest BCUT2D eigenvalue weighted by molar-refractivity contribution is 5.27. The average molecular weight is 274 g/mol. The van der Waals surface area contributed by atoms with Gasteiger partial charge in [0.05, 0.1) is 6.04 Å². The lowest BCUT2D eigenvalue weighted by Gasteiger charge is -2.14. The lowest BCUT2D eigenvalue weighted by molar-refractivity contribution is 0.403. The Labute approximate surface area is 119 Å². The Balaban J connectivity index is 2.01. The fraction of sp³-hybridized carbons (Fsp3) is 0.467. The summed E-state index contributed by atoms with van der Waals surface area (Å²) in [4.78, 5) is 1.92. The fourth-order valence-electron chi connectivity index (χ4n) is 2.06. The summed E-state index contributed by atoms with van der Waals surface area (Å²) in [7, 11) is 1.93. The molecule has 1 aromatic heterocycles. The van der Waals surface area contributed by atoms with E-state index in [-0.39, 0.29) is 6.04 Å². The molecule has 5 nitrogen and oxygen atoms in total.